The number of rotatable bonds is 4. The highest BCUT2D eigenvalue weighted by molar-refractivity contribution is 5.97. The standard InChI is InChI=1S/C17H13NO7/c1-23-8-3-4-13-10(5-8)15(21)11-6-9(17(22)24-2)12(7-14(19)20)18-16(11)25-13/h3-6H,7H2,1-2H3,(H,19,20). The van der Waals surface area contributed by atoms with Gasteiger partial charge in [-0.1, -0.05) is 0 Å². The Balaban J connectivity index is 2.37. The fourth-order valence-electron chi connectivity index (χ4n) is 2.49. The Morgan fingerprint density at radius 2 is 1.96 bits per heavy atom. The van der Waals surface area contributed by atoms with Crippen LogP contribution >= 0.6 is 0 Å². The van der Waals surface area contributed by atoms with Crippen LogP contribution in [0.15, 0.2) is 33.5 Å². The van der Waals surface area contributed by atoms with Crippen LogP contribution in [0.5, 0.6) is 5.75 Å². The summed E-state index contributed by atoms with van der Waals surface area (Å²) in [6.07, 6.45) is -0.509. The van der Waals surface area contributed by atoms with Gasteiger partial charge in [-0.15, -0.1) is 0 Å². The summed E-state index contributed by atoms with van der Waals surface area (Å²) in [5.74, 6) is -1.48. The summed E-state index contributed by atoms with van der Waals surface area (Å²) in [6, 6.07) is 5.95. The van der Waals surface area contributed by atoms with Crippen LogP contribution < -0.4 is 10.2 Å². The SMILES string of the molecule is COC(=O)c1cc2c(=O)c3cc(OC)ccc3oc2nc1CC(=O)O. The molecule has 1 N–H and O–H groups in total. The molecule has 2 aromatic heterocycles. The topological polar surface area (TPSA) is 116 Å². The van der Waals surface area contributed by atoms with Crippen LogP contribution in [0.2, 0.25) is 0 Å². The number of aliphatic carboxylic acids is 1. The molecule has 0 amide bonds. The Bertz CT molecular complexity index is 1070. The molecule has 128 valence electrons. The van der Waals surface area contributed by atoms with Crippen LogP contribution in [0.1, 0.15) is 16.1 Å². The summed E-state index contributed by atoms with van der Waals surface area (Å²) >= 11 is 0. The summed E-state index contributed by atoms with van der Waals surface area (Å²) in [4.78, 5) is 39.7. The van der Waals surface area contributed by atoms with E-state index in [9.17, 15) is 14.4 Å². The van der Waals surface area contributed by atoms with E-state index in [-0.39, 0.29) is 33.3 Å². The van der Waals surface area contributed by atoms with E-state index in [0.717, 1.165) is 7.11 Å². The minimum Gasteiger partial charge on any atom is -0.497 e. The highest BCUT2D eigenvalue weighted by Gasteiger charge is 2.20. The second-order valence-electron chi connectivity index (χ2n) is 5.19. The van der Waals surface area contributed by atoms with Gasteiger partial charge in [0.05, 0.1) is 42.7 Å². The van der Waals surface area contributed by atoms with E-state index < -0.39 is 23.8 Å². The van der Waals surface area contributed by atoms with Crippen LogP contribution in [0.4, 0.5) is 0 Å². The number of hydrogen-bond acceptors (Lipinski definition) is 7. The van der Waals surface area contributed by atoms with E-state index in [4.69, 9.17) is 14.3 Å². The minimum absolute atomic E-state index is 0.0390. The molecule has 0 aliphatic carbocycles. The summed E-state index contributed by atoms with van der Waals surface area (Å²) in [5, 5.41) is 9.31. The van der Waals surface area contributed by atoms with Crippen LogP contribution in [-0.2, 0) is 16.0 Å². The second-order valence-corrected chi connectivity index (χ2v) is 5.19. The molecule has 2 heterocycles. The van der Waals surface area contributed by atoms with Gasteiger partial charge < -0.3 is 19.0 Å². The monoisotopic (exact) mass is 343 g/mol. The number of aromatic nitrogens is 1. The van der Waals surface area contributed by atoms with Gasteiger partial charge in [0.15, 0.2) is 0 Å². The van der Waals surface area contributed by atoms with Gasteiger partial charge in [0.25, 0.3) is 0 Å². The molecule has 0 spiro atoms. The molecule has 8 heteroatoms. The molecule has 0 radical (unpaired) electrons. The van der Waals surface area contributed by atoms with Crippen LogP contribution in [0.3, 0.4) is 0 Å². The van der Waals surface area contributed by atoms with Crippen LogP contribution in [0.25, 0.3) is 22.1 Å². The smallest absolute Gasteiger partial charge is 0.339 e. The first-order chi connectivity index (χ1) is 11.9. The lowest BCUT2D eigenvalue weighted by Crippen LogP contribution is -2.14. The summed E-state index contributed by atoms with van der Waals surface area (Å²) in [6.45, 7) is 0. The van der Waals surface area contributed by atoms with E-state index in [1.807, 2.05) is 0 Å². The van der Waals surface area contributed by atoms with Crippen molar-refractivity contribution < 1.29 is 28.6 Å². The first-order valence-electron chi connectivity index (χ1n) is 7.19. The fourth-order valence-corrected chi connectivity index (χ4v) is 2.49. The van der Waals surface area contributed by atoms with E-state index in [1.54, 1.807) is 12.1 Å². The summed E-state index contributed by atoms with van der Waals surface area (Å²) in [5.41, 5.74) is -0.311. The number of methoxy groups -OCH3 is 2. The van der Waals surface area contributed by atoms with Gasteiger partial charge in [-0.25, -0.2) is 9.78 Å². The van der Waals surface area contributed by atoms with E-state index in [0.29, 0.717) is 5.75 Å². The normalized spacial score (nSPS) is 10.8. The lowest BCUT2D eigenvalue weighted by molar-refractivity contribution is -0.136. The third kappa shape index (κ3) is 2.89. The summed E-state index contributed by atoms with van der Waals surface area (Å²) in [7, 11) is 2.63. The maximum Gasteiger partial charge on any atom is 0.339 e. The molecule has 0 unspecified atom stereocenters. The number of carboxylic acid groups (broad SMARTS) is 1. The molecule has 8 nitrogen and oxygen atoms in total. The average molecular weight is 343 g/mol. The third-order valence-corrected chi connectivity index (χ3v) is 3.67. The van der Waals surface area contributed by atoms with Crippen molar-refractivity contribution >= 4 is 34.0 Å². The zero-order valence-corrected chi connectivity index (χ0v) is 13.4. The highest BCUT2D eigenvalue weighted by Crippen LogP contribution is 2.23. The van der Waals surface area contributed by atoms with E-state index in [2.05, 4.69) is 9.72 Å². The predicted octanol–water partition coefficient (Wildman–Crippen LogP) is 1.76. The molecule has 3 aromatic rings. The molecule has 0 saturated heterocycles. The molecule has 0 aliphatic rings. The molecular formula is C17H13NO7. The van der Waals surface area contributed by atoms with E-state index in [1.165, 1.54) is 19.2 Å². The first kappa shape index (κ1) is 16.4. The number of benzene rings is 1. The maximum atomic E-state index is 12.7. The highest BCUT2D eigenvalue weighted by atomic mass is 16.5. The predicted molar refractivity (Wildman–Crippen MR) is 87.0 cm³/mol. The molecule has 0 fully saturated rings. The number of ether oxygens (including phenoxy) is 2. The quantitative estimate of drug-likeness (QED) is 0.563. The molecule has 0 bridgehead atoms. The van der Waals surface area contributed by atoms with Crippen molar-refractivity contribution in [3.63, 3.8) is 0 Å². The Kier molecular flexibility index (Phi) is 4.10. The minimum atomic E-state index is -1.18. The lowest BCUT2D eigenvalue weighted by Gasteiger charge is -2.08. The lowest BCUT2D eigenvalue weighted by atomic mass is 10.1. The second kappa shape index (κ2) is 6.23. The zero-order valence-electron chi connectivity index (χ0n) is 13.4. The molecular weight excluding hydrogens is 330 g/mol. The Hall–Kier alpha value is -3.42. The van der Waals surface area contributed by atoms with Crippen molar-refractivity contribution in [1.29, 1.82) is 0 Å². The van der Waals surface area contributed by atoms with Gasteiger partial charge in [-0.05, 0) is 24.3 Å². The Labute approximate surface area is 140 Å². The van der Waals surface area contributed by atoms with Crippen molar-refractivity contribution in [1.82, 2.24) is 4.98 Å². The number of pyridine rings is 1. The number of carbonyl (C=O) groups is 2. The molecule has 1 aromatic carbocycles. The third-order valence-electron chi connectivity index (χ3n) is 3.67. The van der Waals surface area contributed by atoms with Gasteiger partial charge in [0.1, 0.15) is 11.3 Å². The Morgan fingerprint density at radius 1 is 1.20 bits per heavy atom. The number of carbonyl (C=O) groups excluding carboxylic acids is 1. The Morgan fingerprint density at radius 3 is 2.60 bits per heavy atom. The van der Waals surface area contributed by atoms with Crippen LogP contribution in [-0.4, -0.2) is 36.2 Å². The average Bonchev–Trinajstić information content (AvgIpc) is 2.60. The van der Waals surface area contributed by atoms with Gasteiger partial charge >= 0.3 is 11.9 Å². The van der Waals surface area contributed by atoms with Crippen molar-refractivity contribution in [3.05, 3.63) is 45.7 Å². The van der Waals surface area contributed by atoms with Crippen molar-refractivity contribution in [2.45, 2.75) is 6.42 Å². The zero-order chi connectivity index (χ0) is 18.1. The first-order valence-corrected chi connectivity index (χ1v) is 7.19. The molecule has 0 aliphatic heterocycles. The number of fused-ring (bicyclic) bond motifs is 2. The van der Waals surface area contributed by atoms with Gasteiger partial charge in [0.2, 0.25) is 11.1 Å². The number of hydrogen-bond donors (Lipinski definition) is 1. The van der Waals surface area contributed by atoms with Crippen molar-refractivity contribution in [2.24, 2.45) is 0 Å². The summed E-state index contributed by atoms with van der Waals surface area (Å²) < 4.78 is 15.3. The maximum absolute atomic E-state index is 12.7. The number of esters is 1. The van der Waals surface area contributed by atoms with Gasteiger partial charge in [-0.3, -0.25) is 9.59 Å². The fraction of sp³-hybridized carbons (Fsp3) is 0.176. The van der Waals surface area contributed by atoms with Crippen LogP contribution in [0, 0.1) is 0 Å². The largest absolute Gasteiger partial charge is 0.497 e. The van der Waals surface area contributed by atoms with Crippen molar-refractivity contribution in [2.75, 3.05) is 14.2 Å². The molecule has 0 saturated carbocycles. The number of nitrogens with zero attached hydrogens (tertiary/aromatic N) is 1. The number of carboxylic acids is 1. The van der Waals surface area contributed by atoms with E-state index >= 15 is 0 Å². The molecule has 0 atom stereocenters. The van der Waals surface area contributed by atoms with Gasteiger partial charge in [0, 0.05) is 0 Å². The van der Waals surface area contributed by atoms with Crippen molar-refractivity contribution in [3.8, 4) is 5.75 Å². The van der Waals surface area contributed by atoms with Gasteiger partial charge in [-0.2, -0.15) is 0 Å². The molecule has 25 heavy (non-hydrogen) atoms. The molecule has 3 rings (SSSR count).